The summed E-state index contributed by atoms with van der Waals surface area (Å²) in [6, 6.07) is 8.34. The van der Waals surface area contributed by atoms with Crippen molar-refractivity contribution in [2.75, 3.05) is 0 Å². The Morgan fingerprint density at radius 2 is 2.13 bits per heavy atom. The zero-order valence-corrected chi connectivity index (χ0v) is 8.61. The van der Waals surface area contributed by atoms with Crippen LogP contribution in [0.4, 0.5) is 0 Å². The Balaban J connectivity index is 2.00. The number of hydrogen-bond acceptors (Lipinski definition) is 2. The number of carbonyl (C=O) groups is 1. The zero-order valence-electron chi connectivity index (χ0n) is 8.61. The minimum atomic E-state index is 0.276. The lowest BCUT2D eigenvalue weighted by Gasteiger charge is -2.36. The van der Waals surface area contributed by atoms with Gasteiger partial charge in [0.25, 0.3) is 0 Å². The van der Waals surface area contributed by atoms with E-state index in [0.717, 1.165) is 6.42 Å². The molecule has 0 radical (unpaired) electrons. The van der Waals surface area contributed by atoms with Gasteiger partial charge in [-0.2, -0.15) is 0 Å². The van der Waals surface area contributed by atoms with Gasteiger partial charge in [-0.25, -0.2) is 0 Å². The third-order valence-corrected chi connectivity index (χ3v) is 3.51. The first-order valence-electron chi connectivity index (χ1n) is 5.56. The van der Waals surface area contributed by atoms with Crippen molar-refractivity contribution >= 4 is 5.78 Å². The first-order valence-corrected chi connectivity index (χ1v) is 5.56. The van der Waals surface area contributed by atoms with E-state index in [-0.39, 0.29) is 6.10 Å². The number of Topliss-reactive ketones (excluding diaryl/α,β-unsaturated/α-hetero) is 1. The second kappa shape index (κ2) is 3.46. The van der Waals surface area contributed by atoms with E-state index in [4.69, 9.17) is 4.74 Å². The molecule has 1 aliphatic carbocycles. The highest BCUT2D eigenvalue weighted by atomic mass is 16.5. The molecule has 2 heteroatoms. The van der Waals surface area contributed by atoms with Crippen LogP contribution in [-0.2, 0) is 16.1 Å². The summed E-state index contributed by atoms with van der Waals surface area (Å²) in [7, 11) is 0. The van der Waals surface area contributed by atoms with Crippen LogP contribution < -0.4 is 0 Å². The Bertz CT molecular complexity index is 397. The van der Waals surface area contributed by atoms with Crippen molar-refractivity contribution in [1.29, 1.82) is 0 Å². The third kappa shape index (κ3) is 1.49. The fourth-order valence-electron chi connectivity index (χ4n) is 2.72. The van der Waals surface area contributed by atoms with Gasteiger partial charge in [0.2, 0.25) is 0 Å². The highest BCUT2D eigenvalue weighted by molar-refractivity contribution is 5.80. The average molecular weight is 202 g/mol. The molecule has 0 amide bonds. The van der Waals surface area contributed by atoms with Crippen LogP contribution in [0.15, 0.2) is 24.3 Å². The Morgan fingerprint density at radius 1 is 1.27 bits per heavy atom. The molecule has 1 aliphatic heterocycles. The average Bonchev–Trinajstić information content (AvgIpc) is 2.29. The van der Waals surface area contributed by atoms with Gasteiger partial charge in [0.05, 0.1) is 12.7 Å². The van der Waals surface area contributed by atoms with E-state index in [1.165, 1.54) is 11.1 Å². The number of rotatable bonds is 0. The maximum atomic E-state index is 11.5. The minimum absolute atomic E-state index is 0.276. The van der Waals surface area contributed by atoms with Gasteiger partial charge in [-0.05, 0) is 17.5 Å². The molecule has 1 fully saturated rings. The summed E-state index contributed by atoms with van der Waals surface area (Å²) >= 11 is 0. The monoisotopic (exact) mass is 202 g/mol. The summed E-state index contributed by atoms with van der Waals surface area (Å²) < 4.78 is 5.80. The van der Waals surface area contributed by atoms with Crippen molar-refractivity contribution in [2.45, 2.75) is 37.9 Å². The van der Waals surface area contributed by atoms with Crippen LogP contribution in [-0.4, -0.2) is 11.9 Å². The Kier molecular flexibility index (Phi) is 2.10. The number of ether oxygens (including phenoxy) is 1. The lowest BCUT2D eigenvalue weighted by molar-refractivity contribution is -0.125. The standard InChI is InChI=1S/C13H14O2/c14-10-5-6-13-12(7-10)11-4-2-1-3-9(11)8-15-13/h1-4,12-13H,5-8H2/t12-,13-/m0/s1. The predicted octanol–water partition coefficient (Wildman–Crippen LogP) is 2.42. The molecule has 15 heavy (non-hydrogen) atoms. The van der Waals surface area contributed by atoms with Crippen LogP contribution >= 0.6 is 0 Å². The molecule has 0 aromatic heterocycles. The summed E-state index contributed by atoms with van der Waals surface area (Å²) in [4.78, 5) is 11.5. The quantitative estimate of drug-likeness (QED) is 0.645. The Morgan fingerprint density at radius 3 is 3.07 bits per heavy atom. The third-order valence-electron chi connectivity index (χ3n) is 3.51. The normalized spacial score (nSPS) is 29.5. The lowest BCUT2D eigenvalue weighted by Crippen LogP contribution is -2.33. The van der Waals surface area contributed by atoms with E-state index in [0.29, 0.717) is 31.1 Å². The van der Waals surface area contributed by atoms with Crippen LogP contribution in [0.1, 0.15) is 36.3 Å². The highest BCUT2D eigenvalue weighted by Gasteiger charge is 2.35. The van der Waals surface area contributed by atoms with Crippen LogP contribution in [0.25, 0.3) is 0 Å². The Labute approximate surface area is 89.2 Å². The number of benzene rings is 1. The number of carbonyl (C=O) groups excluding carboxylic acids is 1. The van der Waals surface area contributed by atoms with Gasteiger partial charge >= 0.3 is 0 Å². The first-order chi connectivity index (χ1) is 7.34. The second-order valence-corrected chi connectivity index (χ2v) is 4.44. The zero-order chi connectivity index (χ0) is 10.3. The van der Waals surface area contributed by atoms with Gasteiger partial charge in [-0.3, -0.25) is 4.79 Å². The minimum Gasteiger partial charge on any atom is -0.373 e. The summed E-state index contributed by atoms with van der Waals surface area (Å²) in [6.45, 7) is 0.714. The van der Waals surface area contributed by atoms with Crippen molar-refractivity contribution < 1.29 is 9.53 Å². The van der Waals surface area contributed by atoms with Crippen molar-refractivity contribution in [1.82, 2.24) is 0 Å². The van der Waals surface area contributed by atoms with E-state index in [9.17, 15) is 4.79 Å². The van der Waals surface area contributed by atoms with Gasteiger partial charge in [-0.15, -0.1) is 0 Å². The molecule has 0 spiro atoms. The van der Waals surface area contributed by atoms with E-state index < -0.39 is 0 Å². The van der Waals surface area contributed by atoms with Crippen molar-refractivity contribution in [3.63, 3.8) is 0 Å². The molecule has 1 heterocycles. The Hall–Kier alpha value is -1.15. The maximum Gasteiger partial charge on any atom is 0.133 e. The highest BCUT2D eigenvalue weighted by Crippen LogP contribution is 2.39. The molecular weight excluding hydrogens is 188 g/mol. The molecule has 1 aromatic carbocycles. The molecule has 2 aliphatic rings. The summed E-state index contributed by atoms with van der Waals surface area (Å²) in [5, 5.41) is 0. The molecular formula is C13H14O2. The molecule has 0 unspecified atom stereocenters. The molecule has 2 nitrogen and oxygen atoms in total. The topological polar surface area (TPSA) is 26.3 Å². The van der Waals surface area contributed by atoms with Crippen molar-refractivity contribution in [2.24, 2.45) is 0 Å². The summed E-state index contributed by atoms with van der Waals surface area (Å²) in [5.41, 5.74) is 2.59. The summed E-state index contributed by atoms with van der Waals surface area (Å²) in [6.07, 6.45) is 2.54. The maximum absolute atomic E-state index is 11.5. The fourth-order valence-corrected chi connectivity index (χ4v) is 2.72. The fraction of sp³-hybridized carbons (Fsp3) is 0.462. The smallest absolute Gasteiger partial charge is 0.133 e. The molecule has 0 saturated heterocycles. The van der Waals surface area contributed by atoms with Gasteiger partial charge in [0.1, 0.15) is 5.78 Å². The molecule has 1 aromatic rings. The molecule has 78 valence electrons. The van der Waals surface area contributed by atoms with E-state index in [2.05, 4.69) is 18.2 Å². The summed E-state index contributed by atoms with van der Waals surface area (Å²) in [5.74, 6) is 0.702. The largest absolute Gasteiger partial charge is 0.373 e. The van der Waals surface area contributed by atoms with Gasteiger partial charge in [0, 0.05) is 18.8 Å². The number of ketones is 1. The lowest BCUT2D eigenvalue weighted by atomic mass is 9.78. The van der Waals surface area contributed by atoms with Gasteiger partial charge in [0.15, 0.2) is 0 Å². The number of hydrogen-bond donors (Lipinski definition) is 0. The molecule has 0 bridgehead atoms. The van der Waals surface area contributed by atoms with E-state index in [1.54, 1.807) is 0 Å². The number of fused-ring (bicyclic) bond motifs is 3. The second-order valence-electron chi connectivity index (χ2n) is 4.44. The SMILES string of the molecule is O=C1CC[C@@H]2OCc3ccccc3[C@@H]2C1. The van der Waals surface area contributed by atoms with Crippen molar-refractivity contribution in [3.05, 3.63) is 35.4 Å². The van der Waals surface area contributed by atoms with Crippen molar-refractivity contribution in [3.8, 4) is 0 Å². The molecule has 0 N–H and O–H groups in total. The molecule has 2 atom stereocenters. The van der Waals surface area contributed by atoms with Gasteiger partial charge in [-0.1, -0.05) is 24.3 Å². The van der Waals surface area contributed by atoms with E-state index in [1.807, 2.05) is 6.07 Å². The van der Waals surface area contributed by atoms with Crippen LogP contribution in [0, 0.1) is 0 Å². The predicted molar refractivity (Wildman–Crippen MR) is 56.6 cm³/mol. The van der Waals surface area contributed by atoms with E-state index >= 15 is 0 Å². The van der Waals surface area contributed by atoms with Gasteiger partial charge < -0.3 is 4.74 Å². The molecule has 3 rings (SSSR count). The molecule has 1 saturated carbocycles. The van der Waals surface area contributed by atoms with Crippen LogP contribution in [0.2, 0.25) is 0 Å². The first kappa shape index (κ1) is 9.10. The van der Waals surface area contributed by atoms with Crippen LogP contribution in [0.3, 0.4) is 0 Å². The van der Waals surface area contributed by atoms with Crippen LogP contribution in [0.5, 0.6) is 0 Å².